The minimum absolute atomic E-state index is 0.155. The molecular formula is C19H27N3O2. The molecule has 0 atom stereocenters. The number of aryl methyl sites for hydroxylation is 1. The van der Waals surface area contributed by atoms with Crippen LogP contribution in [0.1, 0.15) is 61.9 Å². The fraction of sp³-hybridized carbons (Fsp3) is 0.632. The van der Waals surface area contributed by atoms with E-state index in [1.807, 2.05) is 17.9 Å². The number of amides is 1. The summed E-state index contributed by atoms with van der Waals surface area (Å²) in [6.45, 7) is 8.79. The van der Waals surface area contributed by atoms with Crippen molar-refractivity contribution in [2.75, 3.05) is 6.54 Å². The number of H-pyrrole nitrogens is 1. The van der Waals surface area contributed by atoms with E-state index in [4.69, 9.17) is 5.26 Å². The second-order valence-corrected chi connectivity index (χ2v) is 7.17. The van der Waals surface area contributed by atoms with Gasteiger partial charge in [0.2, 0.25) is 5.91 Å². The largest absolute Gasteiger partial charge is 0.340 e. The highest BCUT2D eigenvalue weighted by molar-refractivity contribution is 5.77. The Balaban J connectivity index is 2.08. The van der Waals surface area contributed by atoms with Crippen molar-refractivity contribution in [1.82, 2.24) is 9.88 Å². The average Bonchev–Trinajstić information content (AvgIpc) is 3.31. The van der Waals surface area contributed by atoms with Crippen molar-refractivity contribution in [1.29, 1.82) is 5.26 Å². The summed E-state index contributed by atoms with van der Waals surface area (Å²) in [4.78, 5) is 29.2. The zero-order valence-electron chi connectivity index (χ0n) is 15.1. The summed E-state index contributed by atoms with van der Waals surface area (Å²) >= 11 is 0. The van der Waals surface area contributed by atoms with E-state index >= 15 is 0 Å². The van der Waals surface area contributed by atoms with E-state index in [9.17, 15) is 9.59 Å². The summed E-state index contributed by atoms with van der Waals surface area (Å²) in [5.74, 6) is 0.766. The number of nitrogens with zero attached hydrogens (tertiary/aromatic N) is 2. The van der Waals surface area contributed by atoms with E-state index in [1.54, 1.807) is 6.92 Å². The van der Waals surface area contributed by atoms with Crippen molar-refractivity contribution in [3.8, 4) is 6.07 Å². The van der Waals surface area contributed by atoms with Gasteiger partial charge >= 0.3 is 0 Å². The molecule has 0 unspecified atom stereocenters. The van der Waals surface area contributed by atoms with Crippen LogP contribution in [0.3, 0.4) is 0 Å². The maximum absolute atomic E-state index is 12.6. The number of nitriles is 1. The standard InChI is InChI=1S/C19H27N3O2/c1-12(2)9-10-22(15-5-6-15)18(23)8-7-16-13(3)17(11-20)19(24)21-14(16)4/h12,15H,5-10H2,1-4H3,(H,21,24). The van der Waals surface area contributed by atoms with Gasteiger partial charge in [0.25, 0.3) is 5.56 Å². The molecule has 1 N–H and O–H groups in total. The summed E-state index contributed by atoms with van der Waals surface area (Å²) in [6, 6.07) is 2.38. The van der Waals surface area contributed by atoms with Gasteiger partial charge in [-0.15, -0.1) is 0 Å². The molecule has 24 heavy (non-hydrogen) atoms. The molecule has 0 aliphatic heterocycles. The van der Waals surface area contributed by atoms with Crippen molar-refractivity contribution in [3.63, 3.8) is 0 Å². The maximum Gasteiger partial charge on any atom is 0.266 e. The van der Waals surface area contributed by atoms with E-state index in [0.29, 0.717) is 30.4 Å². The number of pyridine rings is 1. The van der Waals surface area contributed by atoms with Crippen LogP contribution in [0.2, 0.25) is 0 Å². The smallest absolute Gasteiger partial charge is 0.266 e. The van der Waals surface area contributed by atoms with Gasteiger partial charge in [0.15, 0.2) is 0 Å². The highest BCUT2D eigenvalue weighted by Crippen LogP contribution is 2.28. The predicted octanol–water partition coefficient (Wildman–Crippen LogP) is 2.83. The molecule has 1 aromatic rings. The molecule has 5 nitrogen and oxygen atoms in total. The van der Waals surface area contributed by atoms with E-state index in [2.05, 4.69) is 18.8 Å². The lowest BCUT2D eigenvalue weighted by Crippen LogP contribution is -2.34. The van der Waals surface area contributed by atoms with Crippen molar-refractivity contribution in [3.05, 3.63) is 32.7 Å². The summed E-state index contributed by atoms with van der Waals surface area (Å²) in [7, 11) is 0. The van der Waals surface area contributed by atoms with Gasteiger partial charge in [-0.25, -0.2) is 0 Å². The molecule has 1 aliphatic rings. The number of hydrogen-bond acceptors (Lipinski definition) is 3. The van der Waals surface area contributed by atoms with Gasteiger partial charge < -0.3 is 9.88 Å². The Morgan fingerprint density at radius 3 is 2.58 bits per heavy atom. The number of rotatable bonds is 7. The van der Waals surface area contributed by atoms with Gasteiger partial charge in [-0.05, 0) is 56.6 Å². The zero-order chi connectivity index (χ0) is 17.9. The zero-order valence-corrected chi connectivity index (χ0v) is 15.1. The molecule has 1 saturated carbocycles. The first-order valence-corrected chi connectivity index (χ1v) is 8.77. The minimum Gasteiger partial charge on any atom is -0.340 e. The van der Waals surface area contributed by atoms with Crippen LogP contribution in [0.4, 0.5) is 0 Å². The Hall–Kier alpha value is -2.09. The van der Waals surface area contributed by atoms with Crippen LogP contribution in [0.15, 0.2) is 4.79 Å². The molecule has 0 bridgehead atoms. The van der Waals surface area contributed by atoms with Crippen LogP contribution in [0.25, 0.3) is 0 Å². The fourth-order valence-corrected chi connectivity index (χ4v) is 3.09. The number of hydrogen-bond donors (Lipinski definition) is 1. The third-order valence-electron chi connectivity index (χ3n) is 4.76. The minimum atomic E-state index is -0.348. The number of nitrogens with one attached hydrogen (secondary N) is 1. The lowest BCUT2D eigenvalue weighted by atomic mass is 9.98. The third kappa shape index (κ3) is 4.25. The molecule has 1 fully saturated rings. The maximum atomic E-state index is 12.6. The van der Waals surface area contributed by atoms with Crippen molar-refractivity contribution < 1.29 is 4.79 Å². The number of carbonyl (C=O) groups excluding carboxylic acids is 1. The molecule has 0 radical (unpaired) electrons. The normalized spacial score (nSPS) is 13.8. The molecule has 1 aliphatic carbocycles. The Kier molecular flexibility index (Phi) is 5.82. The van der Waals surface area contributed by atoms with E-state index in [1.165, 1.54) is 0 Å². The molecule has 0 spiro atoms. The number of aromatic amines is 1. The van der Waals surface area contributed by atoms with Crippen LogP contribution in [0.5, 0.6) is 0 Å². The second kappa shape index (κ2) is 7.65. The summed E-state index contributed by atoms with van der Waals surface area (Å²) in [5, 5.41) is 9.14. The Morgan fingerprint density at radius 2 is 2.04 bits per heavy atom. The van der Waals surface area contributed by atoms with Gasteiger partial charge in [-0.1, -0.05) is 13.8 Å². The number of aromatic nitrogens is 1. The van der Waals surface area contributed by atoms with Crippen molar-refractivity contribution in [2.24, 2.45) is 5.92 Å². The topological polar surface area (TPSA) is 77.0 Å². The lowest BCUT2D eigenvalue weighted by molar-refractivity contribution is -0.131. The lowest BCUT2D eigenvalue weighted by Gasteiger charge is -2.24. The molecular weight excluding hydrogens is 302 g/mol. The first kappa shape index (κ1) is 18.3. The second-order valence-electron chi connectivity index (χ2n) is 7.17. The molecule has 1 heterocycles. The van der Waals surface area contributed by atoms with E-state index in [-0.39, 0.29) is 17.0 Å². The van der Waals surface area contributed by atoms with Crippen LogP contribution >= 0.6 is 0 Å². The third-order valence-corrected chi connectivity index (χ3v) is 4.76. The quantitative estimate of drug-likeness (QED) is 0.835. The first-order valence-electron chi connectivity index (χ1n) is 8.77. The Labute approximate surface area is 143 Å². The SMILES string of the molecule is Cc1[nH]c(=O)c(C#N)c(C)c1CCC(=O)N(CCC(C)C)C1CC1. The highest BCUT2D eigenvalue weighted by Gasteiger charge is 2.32. The predicted molar refractivity (Wildman–Crippen MR) is 93.8 cm³/mol. The molecule has 2 rings (SSSR count). The summed E-state index contributed by atoms with van der Waals surface area (Å²) in [5.41, 5.74) is 2.18. The Morgan fingerprint density at radius 1 is 1.38 bits per heavy atom. The van der Waals surface area contributed by atoms with Crippen LogP contribution in [-0.2, 0) is 11.2 Å². The molecule has 0 saturated heterocycles. The molecule has 0 aromatic carbocycles. The number of carbonyl (C=O) groups is 1. The first-order chi connectivity index (χ1) is 11.3. The van der Waals surface area contributed by atoms with Gasteiger partial charge in [-0.2, -0.15) is 5.26 Å². The van der Waals surface area contributed by atoms with Crippen LogP contribution in [0, 0.1) is 31.1 Å². The molecule has 1 aromatic heterocycles. The van der Waals surface area contributed by atoms with Crippen LogP contribution in [-0.4, -0.2) is 28.4 Å². The van der Waals surface area contributed by atoms with Crippen LogP contribution < -0.4 is 5.56 Å². The van der Waals surface area contributed by atoms with Crippen molar-refractivity contribution in [2.45, 2.75) is 65.8 Å². The van der Waals surface area contributed by atoms with Gasteiger partial charge in [0, 0.05) is 24.7 Å². The summed E-state index contributed by atoms with van der Waals surface area (Å²) < 4.78 is 0. The highest BCUT2D eigenvalue weighted by atomic mass is 16.2. The fourth-order valence-electron chi connectivity index (χ4n) is 3.09. The van der Waals surface area contributed by atoms with E-state index in [0.717, 1.165) is 37.1 Å². The van der Waals surface area contributed by atoms with E-state index < -0.39 is 0 Å². The average molecular weight is 329 g/mol. The molecule has 130 valence electrons. The Bertz CT molecular complexity index is 709. The van der Waals surface area contributed by atoms with Crippen molar-refractivity contribution >= 4 is 5.91 Å². The molecule has 1 amide bonds. The molecule has 5 heteroatoms. The monoisotopic (exact) mass is 329 g/mol. The van der Waals surface area contributed by atoms with Gasteiger partial charge in [-0.3, -0.25) is 9.59 Å². The van der Waals surface area contributed by atoms with Gasteiger partial charge in [0.1, 0.15) is 11.6 Å². The summed E-state index contributed by atoms with van der Waals surface area (Å²) in [6.07, 6.45) is 4.23. The van der Waals surface area contributed by atoms with Gasteiger partial charge in [0.05, 0.1) is 0 Å².